The van der Waals surface area contributed by atoms with E-state index in [-0.39, 0.29) is 42.3 Å². The van der Waals surface area contributed by atoms with Gasteiger partial charge in [0.1, 0.15) is 11.9 Å². The van der Waals surface area contributed by atoms with E-state index >= 15 is 0 Å². The van der Waals surface area contributed by atoms with E-state index in [1.807, 2.05) is 6.92 Å². The van der Waals surface area contributed by atoms with Crippen LogP contribution < -0.4 is 16.0 Å². The number of benzene rings is 2. The molecule has 37 heavy (non-hydrogen) atoms. The minimum atomic E-state index is -0.870. The van der Waals surface area contributed by atoms with Crippen LogP contribution in [0.1, 0.15) is 30.1 Å². The first-order valence-electron chi connectivity index (χ1n) is 12.3. The number of nitrogens with zero attached hydrogens (tertiary/aromatic N) is 2. The van der Waals surface area contributed by atoms with Crippen molar-refractivity contribution in [2.75, 3.05) is 43.9 Å². The smallest absolute Gasteiger partial charge is 0.322 e. The standard InChI is InChI=1S/C26H31ClFN5O4/c1-3-29-19-10-11-32(14-19)25(35)16-4-9-22(21(28)12-16)31-24(34)23-13-20(37-2)15-33(23)26(36)30-18-7-5-17(27)6-8-18/h4-9,12,19-20,23,29H,3,10-11,13-15H2,1-2H3,(H,30,36)(H,31,34)/t19?,20-,23-/m1/s1. The topological polar surface area (TPSA) is 103 Å². The van der Waals surface area contributed by atoms with Crippen molar-refractivity contribution in [1.82, 2.24) is 15.1 Å². The van der Waals surface area contributed by atoms with E-state index in [0.29, 0.717) is 23.8 Å². The van der Waals surface area contributed by atoms with Crippen LogP contribution in [0.25, 0.3) is 0 Å². The van der Waals surface area contributed by atoms with Crippen LogP contribution in [-0.2, 0) is 9.53 Å². The number of likely N-dealkylation sites (tertiary alicyclic amines) is 2. The van der Waals surface area contributed by atoms with E-state index < -0.39 is 23.8 Å². The number of halogens is 2. The van der Waals surface area contributed by atoms with Crippen molar-refractivity contribution in [3.05, 3.63) is 58.9 Å². The van der Waals surface area contributed by atoms with Gasteiger partial charge in [-0.3, -0.25) is 9.59 Å². The summed E-state index contributed by atoms with van der Waals surface area (Å²) in [5.41, 5.74) is 0.680. The lowest BCUT2D eigenvalue weighted by atomic mass is 10.1. The molecular weight excluding hydrogens is 501 g/mol. The van der Waals surface area contributed by atoms with E-state index in [1.54, 1.807) is 29.2 Å². The van der Waals surface area contributed by atoms with Gasteiger partial charge in [0.2, 0.25) is 5.91 Å². The van der Waals surface area contributed by atoms with Gasteiger partial charge in [-0.15, -0.1) is 0 Å². The number of carbonyl (C=O) groups is 3. The zero-order valence-corrected chi connectivity index (χ0v) is 21.6. The number of anilines is 2. The van der Waals surface area contributed by atoms with Crippen LogP contribution in [0.5, 0.6) is 0 Å². The Bertz CT molecular complexity index is 1150. The van der Waals surface area contributed by atoms with Crippen molar-refractivity contribution in [2.24, 2.45) is 0 Å². The number of hydrogen-bond donors (Lipinski definition) is 3. The molecule has 0 bridgehead atoms. The number of urea groups is 1. The van der Waals surface area contributed by atoms with Crippen LogP contribution in [0, 0.1) is 5.82 Å². The third-order valence-electron chi connectivity index (χ3n) is 6.70. The Morgan fingerprint density at radius 3 is 2.54 bits per heavy atom. The van der Waals surface area contributed by atoms with Crippen molar-refractivity contribution in [3.63, 3.8) is 0 Å². The lowest BCUT2D eigenvalue weighted by molar-refractivity contribution is -0.119. The largest absolute Gasteiger partial charge is 0.380 e. The molecule has 2 aliphatic heterocycles. The van der Waals surface area contributed by atoms with Crippen LogP contribution in [0.15, 0.2) is 42.5 Å². The zero-order valence-electron chi connectivity index (χ0n) is 20.8. The Labute approximate surface area is 220 Å². The summed E-state index contributed by atoms with van der Waals surface area (Å²) in [6.45, 7) is 4.21. The maximum atomic E-state index is 14.9. The molecule has 198 valence electrons. The quantitative estimate of drug-likeness (QED) is 0.507. The number of rotatable bonds is 7. The summed E-state index contributed by atoms with van der Waals surface area (Å²) in [5, 5.41) is 9.17. The van der Waals surface area contributed by atoms with Gasteiger partial charge in [-0.05, 0) is 55.4 Å². The highest BCUT2D eigenvalue weighted by molar-refractivity contribution is 6.30. The lowest BCUT2D eigenvalue weighted by Crippen LogP contribution is -2.45. The SMILES string of the molecule is CCNC1CCN(C(=O)c2ccc(NC(=O)[C@H]3C[C@@H](OC)CN3C(=O)Nc3ccc(Cl)cc3)c(F)c2)C1. The minimum absolute atomic E-state index is 0.0626. The third kappa shape index (κ3) is 6.38. The second-order valence-electron chi connectivity index (χ2n) is 9.18. The average Bonchev–Trinajstić information content (AvgIpc) is 3.54. The maximum Gasteiger partial charge on any atom is 0.322 e. The van der Waals surface area contributed by atoms with Gasteiger partial charge in [0.05, 0.1) is 11.8 Å². The maximum absolute atomic E-state index is 14.9. The second kappa shape index (κ2) is 11.9. The Balaban J connectivity index is 1.42. The first-order valence-corrected chi connectivity index (χ1v) is 12.7. The van der Waals surface area contributed by atoms with E-state index in [2.05, 4.69) is 16.0 Å². The van der Waals surface area contributed by atoms with E-state index in [1.165, 1.54) is 24.1 Å². The molecule has 2 aliphatic rings. The van der Waals surface area contributed by atoms with E-state index in [4.69, 9.17) is 16.3 Å². The summed E-state index contributed by atoms with van der Waals surface area (Å²) in [7, 11) is 1.51. The molecule has 0 saturated carbocycles. The predicted molar refractivity (Wildman–Crippen MR) is 139 cm³/mol. The summed E-state index contributed by atoms with van der Waals surface area (Å²) < 4.78 is 20.3. The monoisotopic (exact) mass is 531 g/mol. The van der Waals surface area contributed by atoms with Gasteiger partial charge in [0.15, 0.2) is 0 Å². The number of nitrogens with one attached hydrogen (secondary N) is 3. The van der Waals surface area contributed by atoms with Gasteiger partial charge in [-0.2, -0.15) is 0 Å². The summed E-state index contributed by atoms with van der Waals surface area (Å²) in [5.74, 6) is -1.52. The molecule has 3 N–H and O–H groups in total. The van der Waals surface area contributed by atoms with Crippen molar-refractivity contribution >= 4 is 40.8 Å². The Morgan fingerprint density at radius 2 is 1.86 bits per heavy atom. The average molecular weight is 532 g/mol. The number of amides is 4. The first-order chi connectivity index (χ1) is 17.8. The molecule has 11 heteroatoms. The molecule has 2 heterocycles. The zero-order chi connectivity index (χ0) is 26.5. The van der Waals surface area contributed by atoms with Crippen molar-refractivity contribution < 1.29 is 23.5 Å². The molecule has 4 amide bonds. The molecule has 9 nitrogen and oxygen atoms in total. The summed E-state index contributed by atoms with van der Waals surface area (Å²) >= 11 is 5.90. The van der Waals surface area contributed by atoms with Crippen LogP contribution in [0.2, 0.25) is 5.02 Å². The lowest BCUT2D eigenvalue weighted by Gasteiger charge is -2.24. The van der Waals surface area contributed by atoms with Crippen LogP contribution in [0.3, 0.4) is 0 Å². The fraction of sp³-hybridized carbons (Fsp3) is 0.423. The molecule has 0 radical (unpaired) electrons. The van der Waals surface area contributed by atoms with Crippen molar-refractivity contribution in [1.29, 1.82) is 0 Å². The van der Waals surface area contributed by atoms with E-state index in [9.17, 15) is 18.8 Å². The van der Waals surface area contributed by atoms with E-state index in [0.717, 1.165) is 19.0 Å². The van der Waals surface area contributed by atoms with Crippen LogP contribution in [-0.4, -0.2) is 79.1 Å². The highest BCUT2D eigenvalue weighted by Crippen LogP contribution is 2.25. The van der Waals surface area contributed by atoms with Gasteiger partial charge >= 0.3 is 6.03 Å². The highest BCUT2D eigenvalue weighted by atomic mass is 35.5. The number of methoxy groups -OCH3 is 1. The molecule has 0 spiro atoms. The molecule has 4 rings (SSSR count). The molecule has 3 atom stereocenters. The Kier molecular flexibility index (Phi) is 8.63. The number of likely N-dealkylation sites (N-methyl/N-ethyl adjacent to an activating group) is 1. The highest BCUT2D eigenvalue weighted by Gasteiger charge is 2.40. The van der Waals surface area contributed by atoms with Gasteiger partial charge in [-0.25, -0.2) is 9.18 Å². The van der Waals surface area contributed by atoms with Crippen molar-refractivity contribution in [3.8, 4) is 0 Å². The fourth-order valence-corrected chi connectivity index (χ4v) is 4.84. The molecule has 2 aromatic rings. The summed E-state index contributed by atoms with van der Waals surface area (Å²) in [6, 6.07) is 9.49. The molecule has 2 fully saturated rings. The van der Waals surface area contributed by atoms with Gasteiger partial charge < -0.3 is 30.5 Å². The summed E-state index contributed by atoms with van der Waals surface area (Å²) in [6.07, 6.45) is 0.765. The molecule has 2 saturated heterocycles. The normalized spacial score (nSPS) is 21.2. The molecule has 1 unspecified atom stereocenters. The minimum Gasteiger partial charge on any atom is -0.380 e. The molecule has 0 aliphatic carbocycles. The Hall–Kier alpha value is -3.21. The number of hydrogen-bond acceptors (Lipinski definition) is 5. The van der Waals surface area contributed by atoms with Crippen molar-refractivity contribution in [2.45, 2.75) is 38.0 Å². The van der Waals surface area contributed by atoms with Gasteiger partial charge in [-0.1, -0.05) is 18.5 Å². The molecule has 0 aromatic heterocycles. The second-order valence-corrected chi connectivity index (χ2v) is 9.61. The first kappa shape index (κ1) is 26.8. The summed E-state index contributed by atoms with van der Waals surface area (Å²) in [4.78, 5) is 41.9. The van der Waals surface area contributed by atoms with Crippen LogP contribution >= 0.6 is 11.6 Å². The predicted octanol–water partition coefficient (Wildman–Crippen LogP) is 3.56. The third-order valence-corrected chi connectivity index (χ3v) is 6.95. The molecule has 2 aromatic carbocycles. The number of ether oxygens (including phenoxy) is 1. The Morgan fingerprint density at radius 1 is 1.11 bits per heavy atom. The van der Waals surface area contributed by atoms with Crippen LogP contribution in [0.4, 0.5) is 20.6 Å². The molecular formula is C26H31ClFN5O4. The number of carbonyl (C=O) groups excluding carboxylic acids is 3. The van der Waals surface area contributed by atoms with Gasteiger partial charge in [0.25, 0.3) is 5.91 Å². The fourth-order valence-electron chi connectivity index (χ4n) is 4.72. The van der Waals surface area contributed by atoms with Gasteiger partial charge in [0, 0.05) is 55.5 Å².